The zero-order chi connectivity index (χ0) is 10.5. The first-order chi connectivity index (χ1) is 7.20. The maximum Gasteiger partial charge on any atom is 0.0210 e. The minimum absolute atomic E-state index is 0.645. The maximum atomic E-state index is 3.71. The lowest BCUT2D eigenvalue weighted by atomic mass is 9.83. The minimum Gasteiger partial charge on any atom is -0.0527 e. The second-order valence-corrected chi connectivity index (χ2v) is 7.06. The third kappa shape index (κ3) is 1.68. The van der Waals surface area contributed by atoms with Crippen molar-refractivity contribution in [3.05, 3.63) is 31.3 Å². The van der Waals surface area contributed by atoms with Gasteiger partial charge in [-0.1, -0.05) is 28.8 Å². The zero-order valence-corrected chi connectivity index (χ0v) is 12.4. The molecular formula is C13H14BrI. The summed E-state index contributed by atoms with van der Waals surface area (Å²) in [6.07, 6.45) is 8.44. The smallest absolute Gasteiger partial charge is 0.0210 e. The highest BCUT2D eigenvalue weighted by Gasteiger charge is 2.40. The fourth-order valence-electron chi connectivity index (χ4n) is 3.31. The Kier molecular flexibility index (Phi) is 2.63. The molecule has 0 bridgehead atoms. The van der Waals surface area contributed by atoms with Gasteiger partial charge in [0.15, 0.2) is 0 Å². The van der Waals surface area contributed by atoms with E-state index in [2.05, 4.69) is 50.7 Å². The maximum absolute atomic E-state index is 3.71. The van der Waals surface area contributed by atoms with Gasteiger partial charge in [-0.3, -0.25) is 0 Å². The molecule has 0 amide bonds. The summed E-state index contributed by atoms with van der Waals surface area (Å²) in [6, 6.07) is 4.46. The Morgan fingerprint density at radius 1 is 1.07 bits per heavy atom. The first-order valence-electron chi connectivity index (χ1n) is 5.66. The van der Waals surface area contributed by atoms with Crippen LogP contribution < -0.4 is 0 Å². The molecule has 3 rings (SSSR count). The van der Waals surface area contributed by atoms with Gasteiger partial charge in [0.05, 0.1) is 0 Å². The van der Waals surface area contributed by atoms with E-state index in [-0.39, 0.29) is 0 Å². The summed E-state index contributed by atoms with van der Waals surface area (Å²) in [5.74, 6) is 0. The van der Waals surface area contributed by atoms with Crippen molar-refractivity contribution in [2.45, 2.75) is 38.5 Å². The van der Waals surface area contributed by atoms with Crippen LogP contribution in [0.3, 0.4) is 0 Å². The largest absolute Gasteiger partial charge is 0.0527 e. The number of benzene rings is 1. The van der Waals surface area contributed by atoms with Crippen molar-refractivity contribution in [1.82, 2.24) is 0 Å². The molecule has 0 radical (unpaired) electrons. The average molecular weight is 377 g/mol. The number of rotatable bonds is 0. The fraction of sp³-hybridized carbons (Fsp3) is 0.538. The normalized spacial score (nSPS) is 22.3. The Bertz CT molecular complexity index is 372. The number of hydrogen-bond acceptors (Lipinski definition) is 0. The van der Waals surface area contributed by atoms with E-state index < -0.39 is 0 Å². The van der Waals surface area contributed by atoms with Crippen LogP contribution in [0.25, 0.3) is 0 Å². The summed E-state index contributed by atoms with van der Waals surface area (Å²) in [5, 5.41) is 0. The Morgan fingerprint density at radius 2 is 1.73 bits per heavy atom. The van der Waals surface area contributed by atoms with Gasteiger partial charge in [-0.2, -0.15) is 0 Å². The van der Waals surface area contributed by atoms with Crippen molar-refractivity contribution >= 4 is 38.5 Å². The van der Waals surface area contributed by atoms with Crippen LogP contribution >= 0.6 is 38.5 Å². The van der Waals surface area contributed by atoms with Gasteiger partial charge in [-0.05, 0) is 76.9 Å². The first-order valence-corrected chi connectivity index (χ1v) is 7.53. The van der Waals surface area contributed by atoms with E-state index in [1.54, 1.807) is 11.1 Å². The van der Waals surface area contributed by atoms with E-state index in [4.69, 9.17) is 0 Å². The zero-order valence-electron chi connectivity index (χ0n) is 8.65. The highest BCUT2D eigenvalue weighted by Crippen LogP contribution is 2.51. The summed E-state index contributed by atoms with van der Waals surface area (Å²) >= 11 is 6.20. The molecule has 1 aromatic carbocycles. The highest BCUT2D eigenvalue weighted by atomic mass is 127. The molecule has 1 aromatic rings. The van der Waals surface area contributed by atoms with Crippen molar-refractivity contribution in [2.75, 3.05) is 0 Å². The van der Waals surface area contributed by atoms with Crippen molar-refractivity contribution < 1.29 is 0 Å². The molecule has 0 nitrogen and oxygen atoms in total. The van der Waals surface area contributed by atoms with Crippen molar-refractivity contribution in [2.24, 2.45) is 5.41 Å². The lowest BCUT2D eigenvalue weighted by molar-refractivity contribution is 0.317. The van der Waals surface area contributed by atoms with Gasteiger partial charge in [0.1, 0.15) is 0 Å². The summed E-state index contributed by atoms with van der Waals surface area (Å²) in [7, 11) is 0. The van der Waals surface area contributed by atoms with E-state index in [9.17, 15) is 0 Å². The SMILES string of the molecule is Brc1ccc(I)c2c1CC1(CCCC1)C2. The minimum atomic E-state index is 0.645. The molecule has 1 fully saturated rings. The first kappa shape index (κ1) is 10.6. The standard InChI is InChI=1S/C13H14BrI/c14-11-3-4-12(15)10-8-13(7-9(10)11)5-1-2-6-13/h3-4H,1-2,5-8H2. The van der Waals surface area contributed by atoms with Crippen molar-refractivity contribution in [3.8, 4) is 0 Å². The van der Waals surface area contributed by atoms with Gasteiger partial charge < -0.3 is 0 Å². The Morgan fingerprint density at radius 3 is 2.40 bits per heavy atom. The van der Waals surface area contributed by atoms with Gasteiger partial charge in [0.2, 0.25) is 0 Å². The molecule has 0 aliphatic heterocycles. The van der Waals surface area contributed by atoms with Crippen LogP contribution in [0.15, 0.2) is 16.6 Å². The van der Waals surface area contributed by atoms with Crippen LogP contribution in [-0.2, 0) is 12.8 Å². The fourth-order valence-corrected chi connectivity index (χ4v) is 4.52. The summed E-state index contributed by atoms with van der Waals surface area (Å²) in [6.45, 7) is 0. The third-order valence-electron chi connectivity index (χ3n) is 4.08. The Hall–Kier alpha value is 0.430. The van der Waals surface area contributed by atoms with Gasteiger partial charge >= 0.3 is 0 Å². The molecule has 15 heavy (non-hydrogen) atoms. The van der Waals surface area contributed by atoms with Crippen LogP contribution in [0.1, 0.15) is 36.8 Å². The molecule has 2 heteroatoms. The lowest BCUT2D eigenvalue weighted by Gasteiger charge is -2.21. The van der Waals surface area contributed by atoms with Crippen LogP contribution in [0.5, 0.6) is 0 Å². The second kappa shape index (κ2) is 3.73. The van der Waals surface area contributed by atoms with Crippen molar-refractivity contribution in [3.63, 3.8) is 0 Å². The molecule has 1 spiro atoms. The predicted octanol–water partition coefficient (Wildman–Crippen LogP) is 4.71. The Balaban J connectivity index is 2.05. The molecule has 0 atom stereocenters. The highest BCUT2D eigenvalue weighted by molar-refractivity contribution is 14.1. The molecule has 0 heterocycles. The van der Waals surface area contributed by atoms with E-state index in [1.165, 1.54) is 46.6 Å². The third-order valence-corrected chi connectivity index (χ3v) is 5.84. The lowest BCUT2D eigenvalue weighted by Crippen LogP contribution is -2.15. The van der Waals surface area contributed by atoms with Gasteiger partial charge in [0, 0.05) is 8.04 Å². The van der Waals surface area contributed by atoms with Gasteiger partial charge in [-0.25, -0.2) is 0 Å². The van der Waals surface area contributed by atoms with Crippen LogP contribution in [0, 0.1) is 8.99 Å². The summed E-state index contributed by atoms with van der Waals surface area (Å²) in [4.78, 5) is 0. The van der Waals surface area contributed by atoms with E-state index in [0.29, 0.717) is 5.41 Å². The quantitative estimate of drug-likeness (QED) is 0.575. The van der Waals surface area contributed by atoms with Crippen LogP contribution in [0.2, 0.25) is 0 Å². The van der Waals surface area contributed by atoms with Gasteiger partial charge in [0.25, 0.3) is 0 Å². The molecule has 0 saturated heterocycles. The predicted molar refractivity (Wildman–Crippen MR) is 75.2 cm³/mol. The van der Waals surface area contributed by atoms with E-state index >= 15 is 0 Å². The monoisotopic (exact) mass is 376 g/mol. The Labute approximate surface area is 113 Å². The average Bonchev–Trinajstić information content (AvgIpc) is 2.82. The molecule has 0 unspecified atom stereocenters. The summed E-state index contributed by atoms with van der Waals surface area (Å²) in [5.41, 5.74) is 3.88. The second-order valence-electron chi connectivity index (χ2n) is 5.05. The summed E-state index contributed by atoms with van der Waals surface area (Å²) < 4.78 is 2.80. The molecule has 2 aliphatic rings. The molecule has 0 aromatic heterocycles. The van der Waals surface area contributed by atoms with Crippen molar-refractivity contribution in [1.29, 1.82) is 0 Å². The topological polar surface area (TPSA) is 0 Å². The van der Waals surface area contributed by atoms with E-state index in [1.807, 2.05) is 0 Å². The van der Waals surface area contributed by atoms with E-state index in [0.717, 1.165) is 0 Å². The van der Waals surface area contributed by atoms with Gasteiger partial charge in [-0.15, -0.1) is 0 Å². The number of halogens is 2. The van der Waals surface area contributed by atoms with Crippen LogP contribution in [0.4, 0.5) is 0 Å². The molecular weight excluding hydrogens is 363 g/mol. The molecule has 1 saturated carbocycles. The molecule has 0 N–H and O–H groups in total. The molecule has 2 aliphatic carbocycles. The molecule has 80 valence electrons. The van der Waals surface area contributed by atoms with Crippen LogP contribution in [-0.4, -0.2) is 0 Å². The number of fused-ring (bicyclic) bond motifs is 1. The number of hydrogen-bond donors (Lipinski definition) is 0.